The number of methoxy groups -OCH3 is 1. The number of fused-ring (bicyclic) bond motifs is 1. The van der Waals surface area contributed by atoms with Crippen LogP contribution in [0.25, 0.3) is 22.3 Å². The maximum Gasteiger partial charge on any atom is 0.295 e. The number of nitrogens with zero attached hydrogens (tertiary/aromatic N) is 6. The number of anilines is 1. The normalized spacial score (nSPS) is 13.4. The van der Waals surface area contributed by atoms with Crippen LogP contribution in [-0.2, 0) is 4.79 Å². The van der Waals surface area contributed by atoms with Crippen LogP contribution in [0.4, 0.5) is 5.82 Å². The Hall–Kier alpha value is -4.80. The van der Waals surface area contributed by atoms with Crippen molar-refractivity contribution in [1.82, 2.24) is 29.7 Å². The summed E-state index contributed by atoms with van der Waals surface area (Å²) in [7, 11) is 5.22. The van der Waals surface area contributed by atoms with Crippen molar-refractivity contribution in [3.8, 4) is 17.1 Å². The van der Waals surface area contributed by atoms with Crippen LogP contribution >= 0.6 is 0 Å². The van der Waals surface area contributed by atoms with Crippen LogP contribution in [0.5, 0.6) is 5.75 Å². The molecule has 194 valence electrons. The summed E-state index contributed by atoms with van der Waals surface area (Å²) in [5.74, 6) is -0.335. The van der Waals surface area contributed by atoms with Gasteiger partial charge in [0, 0.05) is 52.0 Å². The standard InChI is InChI=1S/C27H27N7O4/c1-32(2)21-16-28-19(14-29-21)23-24-22(20(38-3)15-31-23)18(13-30-24)25(35)27(37)34-11-9-33(10-12-34)26(36)17-7-5-4-6-8-17/h4-8,13-16,30H,9-12H2,1-3H3. The van der Waals surface area contributed by atoms with E-state index in [2.05, 4.69) is 19.9 Å². The van der Waals surface area contributed by atoms with E-state index in [1.807, 2.05) is 37.2 Å². The second-order valence-corrected chi connectivity index (χ2v) is 9.06. The molecule has 0 atom stereocenters. The maximum absolute atomic E-state index is 13.4. The number of pyridine rings is 1. The molecule has 4 heterocycles. The fourth-order valence-corrected chi connectivity index (χ4v) is 4.46. The van der Waals surface area contributed by atoms with Gasteiger partial charge in [0.2, 0.25) is 0 Å². The van der Waals surface area contributed by atoms with Gasteiger partial charge in [-0.05, 0) is 12.1 Å². The van der Waals surface area contributed by atoms with Crippen molar-refractivity contribution in [2.75, 3.05) is 52.3 Å². The molecule has 0 bridgehead atoms. The number of nitrogens with one attached hydrogen (secondary N) is 1. The number of Topliss-reactive ketones (excluding diaryl/α,β-unsaturated/α-hetero) is 1. The summed E-state index contributed by atoms with van der Waals surface area (Å²) in [5.41, 5.74) is 2.30. The Kier molecular flexibility index (Phi) is 6.73. The maximum atomic E-state index is 13.4. The topological polar surface area (TPSA) is 125 Å². The average Bonchev–Trinajstić information content (AvgIpc) is 3.41. The number of rotatable bonds is 6. The van der Waals surface area contributed by atoms with E-state index < -0.39 is 11.7 Å². The Morgan fingerprint density at radius 3 is 2.26 bits per heavy atom. The Labute approximate surface area is 219 Å². The number of carbonyl (C=O) groups is 3. The molecule has 1 aromatic carbocycles. The third-order valence-corrected chi connectivity index (χ3v) is 6.55. The van der Waals surface area contributed by atoms with E-state index in [0.717, 1.165) is 0 Å². The fraction of sp³-hybridized carbons (Fsp3) is 0.259. The molecular formula is C27H27N7O4. The Morgan fingerprint density at radius 1 is 0.921 bits per heavy atom. The van der Waals surface area contributed by atoms with Crippen LogP contribution in [0.3, 0.4) is 0 Å². The summed E-state index contributed by atoms with van der Waals surface area (Å²) in [5, 5.41) is 0.451. The quantitative estimate of drug-likeness (QED) is 0.308. The SMILES string of the molecule is COc1cnc(-c2cnc(N(C)C)cn2)c2[nH]cc(C(=O)C(=O)N3CCN(C(=O)c4ccccc4)CC3)c12. The molecule has 11 heteroatoms. The van der Waals surface area contributed by atoms with Crippen LogP contribution in [0.2, 0.25) is 0 Å². The summed E-state index contributed by atoms with van der Waals surface area (Å²) < 4.78 is 5.48. The molecule has 0 unspecified atom stereocenters. The van der Waals surface area contributed by atoms with Crippen molar-refractivity contribution in [2.24, 2.45) is 0 Å². The van der Waals surface area contributed by atoms with Gasteiger partial charge in [0.15, 0.2) is 0 Å². The molecule has 1 N–H and O–H groups in total. The van der Waals surface area contributed by atoms with Crippen LogP contribution in [0.1, 0.15) is 20.7 Å². The Morgan fingerprint density at radius 2 is 1.63 bits per heavy atom. The highest BCUT2D eigenvalue weighted by atomic mass is 16.5. The molecule has 1 aliphatic heterocycles. The van der Waals surface area contributed by atoms with Gasteiger partial charge in [-0.2, -0.15) is 0 Å². The highest BCUT2D eigenvalue weighted by molar-refractivity contribution is 6.45. The number of carbonyl (C=O) groups excluding carboxylic acids is 3. The first kappa shape index (κ1) is 24.9. The zero-order valence-electron chi connectivity index (χ0n) is 21.3. The monoisotopic (exact) mass is 513 g/mol. The van der Waals surface area contributed by atoms with E-state index in [1.54, 1.807) is 29.4 Å². The molecule has 5 rings (SSSR count). The summed E-state index contributed by atoms with van der Waals surface area (Å²) >= 11 is 0. The van der Waals surface area contributed by atoms with Crippen LogP contribution in [-0.4, -0.2) is 94.7 Å². The molecule has 2 amide bonds. The van der Waals surface area contributed by atoms with Gasteiger partial charge < -0.3 is 24.4 Å². The number of ketones is 1. The minimum atomic E-state index is -0.663. The lowest BCUT2D eigenvalue weighted by Crippen LogP contribution is -2.52. The van der Waals surface area contributed by atoms with Crippen molar-refractivity contribution in [2.45, 2.75) is 0 Å². The van der Waals surface area contributed by atoms with Gasteiger partial charge in [-0.15, -0.1) is 0 Å². The first-order valence-electron chi connectivity index (χ1n) is 12.1. The highest BCUT2D eigenvalue weighted by Gasteiger charge is 2.31. The number of aromatic nitrogens is 4. The summed E-state index contributed by atoms with van der Waals surface area (Å²) in [6.07, 6.45) is 6.23. The molecule has 3 aromatic heterocycles. The van der Waals surface area contributed by atoms with Gasteiger partial charge in [-0.1, -0.05) is 18.2 Å². The number of amides is 2. The lowest BCUT2D eigenvalue weighted by atomic mass is 10.1. The highest BCUT2D eigenvalue weighted by Crippen LogP contribution is 2.34. The fourth-order valence-electron chi connectivity index (χ4n) is 4.46. The molecule has 0 saturated carbocycles. The Bertz CT molecular complexity index is 1490. The molecule has 38 heavy (non-hydrogen) atoms. The van der Waals surface area contributed by atoms with Gasteiger partial charge in [0.25, 0.3) is 17.6 Å². The lowest BCUT2D eigenvalue weighted by molar-refractivity contribution is -0.127. The molecular weight excluding hydrogens is 486 g/mol. The molecule has 0 radical (unpaired) electrons. The Balaban J connectivity index is 1.37. The van der Waals surface area contributed by atoms with E-state index in [0.29, 0.717) is 52.5 Å². The molecule has 4 aromatic rings. The molecule has 0 spiro atoms. The van der Waals surface area contributed by atoms with E-state index in [-0.39, 0.29) is 24.6 Å². The summed E-state index contributed by atoms with van der Waals surface area (Å²) in [6.45, 7) is 1.23. The zero-order chi connectivity index (χ0) is 26.8. The zero-order valence-corrected chi connectivity index (χ0v) is 21.3. The number of hydrogen-bond donors (Lipinski definition) is 1. The average molecular weight is 514 g/mol. The predicted octanol–water partition coefficient (Wildman–Crippen LogP) is 2.26. The predicted molar refractivity (Wildman–Crippen MR) is 141 cm³/mol. The van der Waals surface area contributed by atoms with Gasteiger partial charge >= 0.3 is 0 Å². The van der Waals surface area contributed by atoms with Crippen molar-refractivity contribution in [1.29, 1.82) is 0 Å². The number of ether oxygens (including phenoxy) is 1. The van der Waals surface area contributed by atoms with Crippen LogP contribution < -0.4 is 9.64 Å². The van der Waals surface area contributed by atoms with E-state index in [4.69, 9.17) is 4.74 Å². The van der Waals surface area contributed by atoms with Gasteiger partial charge in [0.1, 0.15) is 23.0 Å². The molecule has 11 nitrogen and oxygen atoms in total. The second kappa shape index (κ2) is 10.3. The molecule has 1 fully saturated rings. The van der Waals surface area contributed by atoms with Crippen molar-refractivity contribution < 1.29 is 19.1 Å². The summed E-state index contributed by atoms with van der Waals surface area (Å²) in [4.78, 5) is 60.8. The molecule has 0 aliphatic carbocycles. The molecule has 1 aliphatic rings. The van der Waals surface area contributed by atoms with Gasteiger partial charge in [-0.25, -0.2) is 15.0 Å². The first-order valence-corrected chi connectivity index (χ1v) is 12.1. The van der Waals surface area contributed by atoms with Crippen LogP contribution in [0.15, 0.2) is 55.1 Å². The molecule has 1 saturated heterocycles. The number of aromatic amines is 1. The van der Waals surface area contributed by atoms with Crippen molar-refractivity contribution in [3.05, 3.63) is 66.2 Å². The smallest absolute Gasteiger partial charge is 0.295 e. The van der Waals surface area contributed by atoms with Crippen molar-refractivity contribution >= 4 is 34.3 Å². The first-order chi connectivity index (χ1) is 18.4. The van der Waals surface area contributed by atoms with Crippen molar-refractivity contribution in [3.63, 3.8) is 0 Å². The number of hydrogen-bond acceptors (Lipinski definition) is 8. The lowest BCUT2D eigenvalue weighted by Gasteiger charge is -2.34. The van der Waals surface area contributed by atoms with E-state index in [1.165, 1.54) is 24.4 Å². The number of benzene rings is 1. The van der Waals surface area contributed by atoms with Crippen LogP contribution in [0, 0.1) is 0 Å². The van der Waals surface area contributed by atoms with Gasteiger partial charge in [-0.3, -0.25) is 14.4 Å². The second-order valence-electron chi connectivity index (χ2n) is 9.06. The number of piperazine rings is 1. The van der Waals surface area contributed by atoms with E-state index in [9.17, 15) is 14.4 Å². The minimum Gasteiger partial charge on any atom is -0.494 e. The summed E-state index contributed by atoms with van der Waals surface area (Å²) in [6, 6.07) is 9.01. The number of H-pyrrole nitrogens is 1. The van der Waals surface area contributed by atoms with E-state index >= 15 is 0 Å². The third-order valence-electron chi connectivity index (χ3n) is 6.55. The largest absolute Gasteiger partial charge is 0.494 e. The minimum absolute atomic E-state index is 0.0906. The van der Waals surface area contributed by atoms with Gasteiger partial charge in [0.05, 0.1) is 42.2 Å². The third kappa shape index (κ3) is 4.54.